The van der Waals surface area contributed by atoms with E-state index >= 15 is 0 Å². The zero-order valence-corrected chi connectivity index (χ0v) is 16.6. The third kappa shape index (κ3) is 19.3. The van der Waals surface area contributed by atoms with Crippen LogP contribution in [0.25, 0.3) is 0 Å². The summed E-state index contributed by atoms with van der Waals surface area (Å²) < 4.78 is 16.1. The minimum absolute atomic E-state index is 0.0140. The maximum atomic E-state index is 11.4. The van der Waals surface area contributed by atoms with Gasteiger partial charge in [0.25, 0.3) is 0 Å². The van der Waals surface area contributed by atoms with Crippen molar-refractivity contribution < 1.29 is 23.8 Å². The lowest BCUT2D eigenvalue weighted by atomic mass is 10.1. The first kappa shape index (κ1) is 24.2. The molecule has 0 saturated carbocycles. The standard InChI is InChI=1S/C17H34N2O5S/c1-14(2)12-16(20)18-4-6-22-8-10-24-11-9-23-7-5-19-17(21)13-15(3)25/h14-15,25H,4-13H2,1-3H3,(H,18,20)(H,19,21). The molecule has 0 aliphatic carbocycles. The van der Waals surface area contributed by atoms with Gasteiger partial charge in [0.15, 0.2) is 0 Å². The van der Waals surface area contributed by atoms with E-state index in [-0.39, 0.29) is 17.1 Å². The van der Waals surface area contributed by atoms with Crippen LogP contribution in [0.5, 0.6) is 0 Å². The second-order valence-corrected chi connectivity index (χ2v) is 7.07. The Bertz CT molecular complexity index is 322. The quantitative estimate of drug-likeness (QED) is 0.276. The largest absolute Gasteiger partial charge is 0.377 e. The Morgan fingerprint density at radius 2 is 1.16 bits per heavy atom. The molecular formula is C17H34N2O5S. The average molecular weight is 379 g/mol. The van der Waals surface area contributed by atoms with Crippen LogP contribution in [0.15, 0.2) is 0 Å². The molecule has 0 saturated heterocycles. The van der Waals surface area contributed by atoms with Crippen molar-refractivity contribution >= 4 is 24.4 Å². The predicted octanol–water partition coefficient (Wildman–Crippen LogP) is 1.02. The Morgan fingerprint density at radius 3 is 1.56 bits per heavy atom. The molecule has 0 aromatic heterocycles. The summed E-state index contributed by atoms with van der Waals surface area (Å²) >= 11 is 4.16. The number of thiol groups is 1. The summed E-state index contributed by atoms with van der Waals surface area (Å²) in [6.07, 6.45) is 0.953. The van der Waals surface area contributed by atoms with Crippen molar-refractivity contribution in [2.45, 2.75) is 38.9 Å². The van der Waals surface area contributed by atoms with Crippen molar-refractivity contribution in [1.82, 2.24) is 10.6 Å². The normalized spacial score (nSPS) is 12.2. The Morgan fingerprint density at radius 1 is 0.760 bits per heavy atom. The fourth-order valence-electron chi connectivity index (χ4n) is 1.85. The maximum absolute atomic E-state index is 11.4. The molecule has 2 N–H and O–H groups in total. The van der Waals surface area contributed by atoms with E-state index in [1.807, 2.05) is 20.8 Å². The highest BCUT2D eigenvalue weighted by Crippen LogP contribution is 1.98. The minimum Gasteiger partial charge on any atom is -0.377 e. The lowest BCUT2D eigenvalue weighted by Crippen LogP contribution is -2.29. The van der Waals surface area contributed by atoms with Gasteiger partial charge in [-0.25, -0.2) is 0 Å². The van der Waals surface area contributed by atoms with Gasteiger partial charge in [0.05, 0.1) is 39.6 Å². The Kier molecular flexibility index (Phi) is 16.1. The van der Waals surface area contributed by atoms with Gasteiger partial charge in [-0.2, -0.15) is 12.6 Å². The molecular weight excluding hydrogens is 344 g/mol. The first-order chi connectivity index (χ1) is 11.9. The third-order valence-electron chi connectivity index (χ3n) is 2.96. The van der Waals surface area contributed by atoms with Gasteiger partial charge in [-0.1, -0.05) is 20.8 Å². The fourth-order valence-corrected chi connectivity index (χ4v) is 2.02. The summed E-state index contributed by atoms with van der Waals surface area (Å²) in [5.41, 5.74) is 0. The molecule has 0 bridgehead atoms. The zero-order chi connectivity index (χ0) is 18.9. The molecule has 0 fully saturated rings. The summed E-state index contributed by atoms with van der Waals surface area (Å²) in [6, 6.07) is 0. The first-order valence-corrected chi connectivity index (χ1v) is 9.38. The number of carbonyl (C=O) groups excluding carboxylic acids is 2. The molecule has 0 heterocycles. The third-order valence-corrected chi connectivity index (χ3v) is 3.14. The molecule has 0 spiro atoms. The summed E-state index contributed by atoms with van der Waals surface area (Å²) in [7, 11) is 0. The van der Waals surface area contributed by atoms with Crippen LogP contribution >= 0.6 is 12.6 Å². The zero-order valence-electron chi connectivity index (χ0n) is 15.7. The predicted molar refractivity (Wildman–Crippen MR) is 101 cm³/mol. The van der Waals surface area contributed by atoms with Crippen molar-refractivity contribution in [2.24, 2.45) is 5.92 Å². The van der Waals surface area contributed by atoms with E-state index in [1.54, 1.807) is 0 Å². The summed E-state index contributed by atoms with van der Waals surface area (Å²) in [5, 5.41) is 5.63. The van der Waals surface area contributed by atoms with Gasteiger partial charge < -0.3 is 24.8 Å². The van der Waals surface area contributed by atoms with E-state index in [0.717, 1.165) is 0 Å². The highest BCUT2D eigenvalue weighted by molar-refractivity contribution is 7.80. The van der Waals surface area contributed by atoms with E-state index in [1.165, 1.54) is 0 Å². The highest BCUT2D eigenvalue weighted by Gasteiger charge is 2.04. The van der Waals surface area contributed by atoms with Gasteiger partial charge in [0.2, 0.25) is 11.8 Å². The molecule has 0 aliphatic rings. The molecule has 0 aliphatic heterocycles. The highest BCUT2D eigenvalue weighted by atomic mass is 32.1. The molecule has 1 unspecified atom stereocenters. The van der Waals surface area contributed by atoms with Crippen LogP contribution in [0.1, 0.15) is 33.6 Å². The molecule has 2 amide bonds. The van der Waals surface area contributed by atoms with Gasteiger partial charge in [0, 0.05) is 31.2 Å². The number of amides is 2. The fraction of sp³-hybridized carbons (Fsp3) is 0.882. The van der Waals surface area contributed by atoms with E-state index in [9.17, 15) is 9.59 Å². The monoisotopic (exact) mass is 378 g/mol. The van der Waals surface area contributed by atoms with Crippen LogP contribution in [-0.2, 0) is 23.8 Å². The van der Waals surface area contributed by atoms with Gasteiger partial charge in [0.1, 0.15) is 0 Å². The molecule has 7 nitrogen and oxygen atoms in total. The minimum atomic E-state index is -0.0140. The molecule has 25 heavy (non-hydrogen) atoms. The molecule has 0 aromatic carbocycles. The van der Waals surface area contributed by atoms with E-state index in [0.29, 0.717) is 71.5 Å². The lowest BCUT2D eigenvalue weighted by molar-refractivity contribution is -0.122. The number of hydrogen-bond donors (Lipinski definition) is 3. The van der Waals surface area contributed by atoms with E-state index in [4.69, 9.17) is 14.2 Å². The first-order valence-electron chi connectivity index (χ1n) is 8.86. The SMILES string of the molecule is CC(C)CC(=O)NCCOCCOCCOCCNC(=O)CC(C)S. The molecule has 8 heteroatoms. The molecule has 148 valence electrons. The van der Waals surface area contributed by atoms with Gasteiger partial charge in [-0.3, -0.25) is 9.59 Å². The van der Waals surface area contributed by atoms with Crippen LogP contribution in [0, 0.1) is 5.92 Å². The molecule has 0 aromatic rings. The summed E-state index contributed by atoms with van der Waals surface area (Å²) in [4.78, 5) is 22.7. The topological polar surface area (TPSA) is 85.9 Å². The molecule has 0 radical (unpaired) electrons. The van der Waals surface area contributed by atoms with Crippen LogP contribution < -0.4 is 10.6 Å². The molecule has 1 atom stereocenters. The number of carbonyl (C=O) groups is 2. The second-order valence-electron chi connectivity index (χ2n) is 6.19. The van der Waals surface area contributed by atoms with Crippen molar-refractivity contribution in [3.8, 4) is 0 Å². The summed E-state index contributed by atoms with van der Waals surface area (Å²) in [6.45, 7) is 9.78. The van der Waals surface area contributed by atoms with Crippen molar-refractivity contribution in [3.05, 3.63) is 0 Å². The maximum Gasteiger partial charge on any atom is 0.221 e. The van der Waals surface area contributed by atoms with Crippen LogP contribution in [0.3, 0.4) is 0 Å². The Balaban J connectivity index is 3.19. The van der Waals surface area contributed by atoms with Crippen molar-refractivity contribution in [2.75, 3.05) is 52.7 Å². The smallest absolute Gasteiger partial charge is 0.221 e. The van der Waals surface area contributed by atoms with Crippen molar-refractivity contribution in [3.63, 3.8) is 0 Å². The number of ether oxygens (including phenoxy) is 3. The summed E-state index contributed by atoms with van der Waals surface area (Å²) in [5.74, 6) is 0.410. The molecule has 0 rings (SSSR count). The van der Waals surface area contributed by atoms with Crippen LogP contribution in [0.4, 0.5) is 0 Å². The number of rotatable bonds is 16. The van der Waals surface area contributed by atoms with E-state index < -0.39 is 0 Å². The van der Waals surface area contributed by atoms with Gasteiger partial charge in [-0.05, 0) is 5.92 Å². The Labute approximate surface area is 156 Å². The van der Waals surface area contributed by atoms with E-state index in [2.05, 4.69) is 23.3 Å². The van der Waals surface area contributed by atoms with Crippen molar-refractivity contribution in [1.29, 1.82) is 0 Å². The Hall–Kier alpha value is -0.830. The average Bonchev–Trinajstić information content (AvgIpc) is 2.50. The number of nitrogens with one attached hydrogen (secondary N) is 2. The van der Waals surface area contributed by atoms with Crippen LogP contribution in [0.2, 0.25) is 0 Å². The van der Waals surface area contributed by atoms with Gasteiger partial charge >= 0.3 is 0 Å². The van der Waals surface area contributed by atoms with Gasteiger partial charge in [-0.15, -0.1) is 0 Å². The lowest BCUT2D eigenvalue weighted by Gasteiger charge is -2.09. The van der Waals surface area contributed by atoms with Crippen LogP contribution in [-0.4, -0.2) is 69.8 Å². The number of hydrogen-bond acceptors (Lipinski definition) is 6. The second kappa shape index (κ2) is 16.6.